The Morgan fingerprint density at radius 3 is 2.21 bits per heavy atom. The fourth-order valence-electron chi connectivity index (χ4n) is 9.49. The zero-order valence-corrected chi connectivity index (χ0v) is 30.3. The number of hydrogen-bond donors (Lipinski definition) is 0. The van der Waals surface area contributed by atoms with E-state index >= 15 is 0 Å². The lowest BCUT2D eigenvalue weighted by atomic mass is 9.86. The molecule has 2 aliphatic carbocycles. The van der Waals surface area contributed by atoms with Gasteiger partial charge in [0.25, 0.3) is 0 Å². The Bertz CT molecular complexity index is 2800. The molecule has 5 aliphatic rings. The van der Waals surface area contributed by atoms with Crippen molar-refractivity contribution in [2.24, 2.45) is 0 Å². The number of thiophene rings is 1. The van der Waals surface area contributed by atoms with E-state index in [1.54, 1.807) is 5.57 Å². The summed E-state index contributed by atoms with van der Waals surface area (Å²) in [7, 11) is 0. The molecule has 7 aromatic rings. The largest absolute Gasteiger partial charge is 0.314 e. The molecule has 4 heteroatoms. The summed E-state index contributed by atoms with van der Waals surface area (Å²) < 4.78 is 2.73. The van der Waals surface area contributed by atoms with Crippen LogP contribution in [0.15, 0.2) is 166 Å². The first-order valence-electron chi connectivity index (χ1n) is 18.5. The van der Waals surface area contributed by atoms with Crippen molar-refractivity contribution in [3.63, 3.8) is 0 Å². The quantitative estimate of drug-likeness (QED) is 0.177. The number of rotatable bonds is 2. The number of hydrogen-bond acceptors (Lipinski definition) is 4. The van der Waals surface area contributed by atoms with Gasteiger partial charge in [0.1, 0.15) is 0 Å². The SMILES string of the molecule is C1=CC2=C(CC1)CC1=C(CCC=C1)N2c1ccc2c(c1)sc1cc3c4c(cccc4c12)Sc1cc(N2c4ccccc4Cc4ccccc42)ccc1-3. The molecule has 0 bridgehead atoms. The van der Waals surface area contributed by atoms with E-state index in [-0.39, 0.29) is 0 Å². The maximum atomic E-state index is 2.59. The van der Waals surface area contributed by atoms with Crippen molar-refractivity contribution in [2.75, 3.05) is 9.80 Å². The Hall–Kier alpha value is -5.29. The van der Waals surface area contributed by atoms with Crippen LogP contribution < -0.4 is 9.80 Å². The lowest BCUT2D eigenvalue weighted by Gasteiger charge is -2.38. The van der Waals surface area contributed by atoms with Gasteiger partial charge in [-0.3, -0.25) is 0 Å². The normalized spacial score (nSPS) is 17.1. The number of para-hydroxylation sites is 2. The van der Waals surface area contributed by atoms with Crippen molar-refractivity contribution in [1.82, 2.24) is 0 Å². The van der Waals surface area contributed by atoms with E-state index in [4.69, 9.17) is 0 Å². The number of benzene rings is 6. The molecule has 52 heavy (non-hydrogen) atoms. The zero-order chi connectivity index (χ0) is 33.9. The summed E-state index contributed by atoms with van der Waals surface area (Å²) in [6.07, 6.45) is 16.1. The highest BCUT2D eigenvalue weighted by atomic mass is 32.2. The molecule has 0 saturated heterocycles. The molecule has 0 amide bonds. The monoisotopic (exact) mass is 702 g/mol. The second kappa shape index (κ2) is 11.1. The summed E-state index contributed by atoms with van der Waals surface area (Å²) in [6.45, 7) is 0. The average Bonchev–Trinajstić information content (AvgIpc) is 3.56. The van der Waals surface area contributed by atoms with Gasteiger partial charge in [-0.25, -0.2) is 0 Å². The minimum Gasteiger partial charge on any atom is -0.314 e. The molecule has 0 saturated carbocycles. The topological polar surface area (TPSA) is 6.48 Å². The van der Waals surface area contributed by atoms with Gasteiger partial charge < -0.3 is 9.80 Å². The molecular weight excluding hydrogens is 669 g/mol. The lowest BCUT2D eigenvalue weighted by molar-refractivity contribution is 0.786. The van der Waals surface area contributed by atoms with Crippen LogP contribution in [0.1, 0.15) is 43.2 Å². The van der Waals surface area contributed by atoms with Crippen LogP contribution in [0.3, 0.4) is 0 Å². The van der Waals surface area contributed by atoms with Crippen LogP contribution in [0.5, 0.6) is 0 Å². The first kappa shape index (κ1) is 29.3. The first-order valence-corrected chi connectivity index (χ1v) is 20.2. The molecule has 0 unspecified atom stereocenters. The summed E-state index contributed by atoms with van der Waals surface area (Å²) in [5.74, 6) is 0. The van der Waals surface area contributed by atoms with Crippen LogP contribution in [-0.4, -0.2) is 0 Å². The molecule has 2 nitrogen and oxygen atoms in total. The summed E-state index contributed by atoms with van der Waals surface area (Å²) in [4.78, 5) is 7.72. The van der Waals surface area contributed by atoms with Crippen molar-refractivity contribution < 1.29 is 0 Å². The van der Waals surface area contributed by atoms with Gasteiger partial charge in [0.05, 0.1) is 0 Å². The van der Waals surface area contributed by atoms with Gasteiger partial charge >= 0.3 is 0 Å². The third kappa shape index (κ3) is 4.19. The van der Waals surface area contributed by atoms with E-state index in [2.05, 4.69) is 143 Å². The minimum atomic E-state index is 0.967. The molecule has 248 valence electrons. The summed E-state index contributed by atoms with van der Waals surface area (Å²) >= 11 is 3.87. The van der Waals surface area contributed by atoms with E-state index in [1.165, 1.54) is 103 Å². The molecular formula is C48H34N2S2. The molecule has 0 spiro atoms. The third-order valence-electron chi connectivity index (χ3n) is 11.8. The van der Waals surface area contributed by atoms with Crippen LogP contribution in [0.4, 0.5) is 22.7 Å². The Morgan fingerprint density at radius 2 is 1.33 bits per heavy atom. The van der Waals surface area contributed by atoms with Crippen molar-refractivity contribution in [3.8, 4) is 11.1 Å². The van der Waals surface area contributed by atoms with Crippen molar-refractivity contribution in [1.29, 1.82) is 0 Å². The van der Waals surface area contributed by atoms with Crippen LogP contribution in [-0.2, 0) is 6.42 Å². The molecule has 0 N–H and O–H groups in total. The molecule has 0 atom stereocenters. The Labute approximate surface area is 311 Å². The summed E-state index contributed by atoms with van der Waals surface area (Å²) in [5, 5.41) is 5.51. The molecule has 0 radical (unpaired) electrons. The maximum absolute atomic E-state index is 2.59. The van der Waals surface area contributed by atoms with Crippen LogP contribution in [0.2, 0.25) is 0 Å². The van der Waals surface area contributed by atoms with E-state index in [0.717, 1.165) is 38.5 Å². The number of nitrogens with zero attached hydrogens (tertiary/aromatic N) is 2. The van der Waals surface area contributed by atoms with Gasteiger partial charge in [0, 0.05) is 75.9 Å². The Morgan fingerprint density at radius 1 is 0.538 bits per heavy atom. The van der Waals surface area contributed by atoms with Gasteiger partial charge in [-0.1, -0.05) is 90.7 Å². The van der Waals surface area contributed by atoms with Gasteiger partial charge in [-0.05, 0) is 125 Å². The highest BCUT2D eigenvalue weighted by Gasteiger charge is 2.30. The number of anilines is 4. The smallest absolute Gasteiger partial charge is 0.0497 e. The predicted molar refractivity (Wildman–Crippen MR) is 222 cm³/mol. The predicted octanol–water partition coefficient (Wildman–Crippen LogP) is 14.1. The number of fused-ring (bicyclic) bond motifs is 8. The van der Waals surface area contributed by atoms with Gasteiger partial charge in [0.2, 0.25) is 0 Å². The van der Waals surface area contributed by atoms with E-state index < -0.39 is 0 Å². The van der Waals surface area contributed by atoms with Crippen LogP contribution in [0.25, 0.3) is 42.1 Å². The standard InChI is InChI=1S/C48H34N2S2/c1-5-15-39-29(10-1)24-30-11-2-6-16-40(30)49(39)33-20-22-35-38-28-46-47(37-14-9-19-43(48(37)38)51-44(35)26-33)36-23-21-34(27-45(36)52-46)50-41-17-7-3-12-31(41)25-32-13-4-8-18-42(32)50/h1-3,5-6,8-12,14-16,18-23,26-28H,4,7,13,17,24-25H2. The Kier molecular flexibility index (Phi) is 6.26. The van der Waals surface area contributed by atoms with Crippen molar-refractivity contribution >= 4 is 76.8 Å². The maximum Gasteiger partial charge on any atom is 0.0497 e. The highest BCUT2D eigenvalue weighted by molar-refractivity contribution is 7.99. The fraction of sp³-hybridized carbons (Fsp3) is 0.125. The van der Waals surface area contributed by atoms with Gasteiger partial charge in [-0.2, -0.15) is 0 Å². The van der Waals surface area contributed by atoms with Crippen LogP contribution in [0, 0.1) is 0 Å². The fourth-order valence-corrected chi connectivity index (χ4v) is 11.9. The van der Waals surface area contributed by atoms with Crippen molar-refractivity contribution in [3.05, 3.63) is 167 Å². The van der Waals surface area contributed by atoms with E-state index in [0.29, 0.717) is 0 Å². The average molecular weight is 703 g/mol. The molecule has 3 aliphatic heterocycles. The number of allylic oxidation sites excluding steroid dienone is 7. The second-order valence-corrected chi connectivity index (χ2v) is 16.8. The molecule has 4 heterocycles. The van der Waals surface area contributed by atoms with Gasteiger partial charge in [-0.15, -0.1) is 11.3 Å². The lowest BCUT2D eigenvalue weighted by Crippen LogP contribution is -2.28. The zero-order valence-electron chi connectivity index (χ0n) is 28.7. The molecule has 1 aromatic heterocycles. The first-order chi connectivity index (χ1) is 25.8. The minimum absolute atomic E-state index is 0.967. The third-order valence-corrected chi connectivity index (χ3v) is 14.0. The molecule has 6 aromatic carbocycles. The van der Waals surface area contributed by atoms with Gasteiger partial charge in [0.15, 0.2) is 0 Å². The van der Waals surface area contributed by atoms with E-state index in [9.17, 15) is 0 Å². The summed E-state index contributed by atoms with van der Waals surface area (Å²) in [5.41, 5.74) is 16.5. The molecule has 12 rings (SSSR count). The van der Waals surface area contributed by atoms with Crippen molar-refractivity contribution in [2.45, 2.75) is 48.3 Å². The molecule has 0 fully saturated rings. The highest BCUT2D eigenvalue weighted by Crippen LogP contribution is 2.54. The van der Waals surface area contributed by atoms with Crippen LogP contribution >= 0.6 is 23.1 Å². The Balaban J connectivity index is 1.01. The summed E-state index contributed by atoms with van der Waals surface area (Å²) in [6, 6.07) is 41.6. The second-order valence-electron chi connectivity index (χ2n) is 14.7. The van der Waals surface area contributed by atoms with E-state index in [1.807, 2.05) is 23.1 Å².